The first-order valence-corrected chi connectivity index (χ1v) is 9.11. The third-order valence-corrected chi connectivity index (χ3v) is 5.22. The van der Waals surface area contributed by atoms with Gasteiger partial charge in [-0.05, 0) is 48.6 Å². The molecule has 1 aliphatic heterocycles. The highest BCUT2D eigenvalue weighted by Gasteiger charge is 2.45. The van der Waals surface area contributed by atoms with Gasteiger partial charge in [-0.15, -0.1) is 11.3 Å². The van der Waals surface area contributed by atoms with Gasteiger partial charge in [0.2, 0.25) is 0 Å². The monoisotopic (exact) mass is 355 g/mol. The first kappa shape index (κ1) is 17.4. The number of ketones is 1. The number of aryl methyl sites for hydroxylation is 2. The van der Waals surface area contributed by atoms with Crippen molar-refractivity contribution < 1.29 is 14.7 Å². The number of benzene rings is 1. The number of hydrogen-bond donors (Lipinski definition) is 1. The molecule has 130 valence electrons. The first-order chi connectivity index (χ1) is 11.8. The van der Waals surface area contributed by atoms with Crippen molar-refractivity contribution in [2.24, 2.45) is 5.92 Å². The van der Waals surface area contributed by atoms with Gasteiger partial charge in [0.05, 0.1) is 5.57 Å². The van der Waals surface area contributed by atoms with Crippen molar-refractivity contribution in [3.8, 4) is 0 Å². The molecule has 3 rings (SSSR count). The van der Waals surface area contributed by atoms with E-state index in [9.17, 15) is 14.7 Å². The molecule has 1 amide bonds. The minimum absolute atomic E-state index is 0.196. The summed E-state index contributed by atoms with van der Waals surface area (Å²) in [6.07, 6.45) is 0. The number of aliphatic hydroxyl groups excluding tert-OH is 1. The van der Waals surface area contributed by atoms with Gasteiger partial charge in [0, 0.05) is 16.5 Å². The Labute approximate surface area is 151 Å². The van der Waals surface area contributed by atoms with E-state index in [4.69, 9.17) is 0 Å². The van der Waals surface area contributed by atoms with Crippen LogP contribution in [0.25, 0.3) is 0 Å². The molecule has 0 spiro atoms. The van der Waals surface area contributed by atoms with E-state index in [-0.39, 0.29) is 17.3 Å². The zero-order valence-electron chi connectivity index (χ0n) is 14.7. The lowest BCUT2D eigenvalue weighted by molar-refractivity contribution is -0.119. The first-order valence-electron chi connectivity index (χ1n) is 8.24. The van der Waals surface area contributed by atoms with E-state index in [2.05, 4.69) is 0 Å². The molecule has 1 N–H and O–H groups in total. The molecule has 1 unspecified atom stereocenters. The normalized spacial score (nSPS) is 17.7. The zero-order valence-corrected chi connectivity index (χ0v) is 15.6. The molecule has 0 aliphatic carbocycles. The molecule has 4 nitrogen and oxygen atoms in total. The third-order valence-electron chi connectivity index (χ3n) is 4.30. The second kappa shape index (κ2) is 6.48. The number of anilines is 1. The number of amides is 1. The minimum atomic E-state index is -0.580. The Hall–Kier alpha value is -2.40. The van der Waals surface area contributed by atoms with Crippen molar-refractivity contribution in [3.05, 3.63) is 63.0 Å². The smallest absolute Gasteiger partial charge is 0.294 e. The highest BCUT2D eigenvalue weighted by Crippen LogP contribution is 2.43. The van der Waals surface area contributed by atoms with Crippen LogP contribution < -0.4 is 4.90 Å². The van der Waals surface area contributed by atoms with Gasteiger partial charge in [0.25, 0.3) is 5.91 Å². The second-order valence-corrected chi connectivity index (χ2v) is 7.70. The standard InChI is InChI=1S/C20H21NO3S/c1-11(2)18(22)16-17(15-6-5-7-25-15)21(20(24)19(16)23)14-9-12(3)8-13(4)10-14/h5-11,17,23H,1-4H3. The van der Waals surface area contributed by atoms with Gasteiger partial charge < -0.3 is 5.11 Å². The zero-order chi connectivity index (χ0) is 18.3. The van der Waals surface area contributed by atoms with Crippen molar-refractivity contribution in [1.29, 1.82) is 0 Å². The van der Waals surface area contributed by atoms with E-state index < -0.39 is 17.7 Å². The number of thiophene rings is 1. The minimum Gasteiger partial charge on any atom is -0.503 e. The molecule has 25 heavy (non-hydrogen) atoms. The third kappa shape index (κ3) is 3.00. The molecule has 1 atom stereocenters. The van der Waals surface area contributed by atoms with E-state index in [1.165, 1.54) is 16.2 Å². The summed E-state index contributed by atoms with van der Waals surface area (Å²) in [6, 6.07) is 9.03. The molecule has 1 aromatic heterocycles. The summed E-state index contributed by atoms with van der Waals surface area (Å²) in [4.78, 5) is 28.0. The summed E-state index contributed by atoms with van der Waals surface area (Å²) in [5, 5.41) is 12.4. The summed E-state index contributed by atoms with van der Waals surface area (Å²) in [5.74, 6) is -1.45. The Kier molecular flexibility index (Phi) is 4.52. The van der Waals surface area contributed by atoms with Crippen LogP contribution >= 0.6 is 11.3 Å². The number of carbonyl (C=O) groups is 2. The van der Waals surface area contributed by atoms with Crippen LogP contribution in [0.5, 0.6) is 0 Å². The highest BCUT2D eigenvalue weighted by atomic mass is 32.1. The second-order valence-electron chi connectivity index (χ2n) is 6.72. The van der Waals surface area contributed by atoms with E-state index in [0.29, 0.717) is 5.69 Å². The maximum Gasteiger partial charge on any atom is 0.294 e. The average molecular weight is 355 g/mol. The van der Waals surface area contributed by atoms with Crippen LogP contribution in [0.15, 0.2) is 47.0 Å². The quantitative estimate of drug-likeness (QED) is 0.879. The molecular formula is C20H21NO3S. The molecule has 0 bridgehead atoms. The van der Waals surface area contributed by atoms with E-state index in [0.717, 1.165) is 16.0 Å². The number of Topliss-reactive ketones (excluding diaryl/α,β-unsaturated/α-hetero) is 1. The number of nitrogens with zero attached hydrogens (tertiary/aromatic N) is 1. The molecule has 2 heterocycles. The lowest BCUT2D eigenvalue weighted by Gasteiger charge is -2.26. The lowest BCUT2D eigenvalue weighted by Crippen LogP contribution is -2.31. The van der Waals surface area contributed by atoms with E-state index in [1.807, 2.05) is 49.6 Å². The van der Waals surface area contributed by atoms with Gasteiger partial charge >= 0.3 is 0 Å². The summed E-state index contributed by atoms with van der Waals surface area (Å²) in [7, 11) is 0. The van der Waals surface area contributed by atoms with Crippen LogP contribution in [-0.4, -0.2) is 16.8 Å². The maximum atomic E-state index is 12.8. The fourth-order valence-electron chi connectivity index (χ4n) is 3.24. The number of hydrogen-bond acceptors (Lipinski definition) is 4. The molecule has 0 radical (unpaired) electrons. The van der Waals surface area contributed by atoms with Crippen molar-refractivity contribution >= 4 is 28.7 Å². The van der Waals surface area contributed by atoms with E-state index >= 15 is 0 Å². The van der Waals surface area contributed by atoms with Crippen LogP contribution in [0.4, 0.5) is 5.69 Å². The van der Waals surface area contributed by atoms with Crippen LogP contribution in [-0.2, 0) is 9.59 Å². The Bertz CT molecular complexity index is 845. The number of carbonyl (C=O) groups excluding carboxylic acids is 2. The van der Waals surface area contributed by atoms with Crippen LogP contribution in [0.3, 0.4) is 0 Å². The lowest BCUT2D eigenvalue weighted by atomic mass is 9.94. The summed E-state index contributed by atoms with van der Waals surface area (Å²) < 4.78 is 0. The SMILES string of the molecule is Cc1cc(C)cc(N2C(=O)C(O)=C(C(=O)C(C)C)C2c2cccs2)c1. The van der Waals surface area contributed by atoms with Crippen molar-refractivity contribution in [1.82, 2.24) is 0 Å². The largest absolute Gasteiger partial charge is 0.503 e. The Morgan fingerprint density at radius 3 is 2.36 bits per heavy atom. The molecule has 0 saturated carbocycles. The van der Waals surface area contributed by atoms with Gasteiger partial charge in [0.1, 0.15) is 6.04 Å². The van der Waals surface area contributed by atoms with Crippen LogP contribution in [0.1, 0.15) is 35.9 Å². The molecule has 5 heteroatoms. The van der Waals surface area contributed by atoms with Gasteiger partial charge in [-0.3, -0.25) is 14.5 Å². The highest BCUT2D eigenvalue weighted by molar-refractivity contribution is 7.10. The molecule has 1 aliphatic rings. The van der Waals surface area contributed by atoms with Crippen molar-refractivity contribution in [3.63, 3.8) is 0 Å². The predicted molar refractivity (Wildman–Crippen MR) is 100.0 cm³/mol. The predicted octanol–water partition coefficient (Wildman–Crippen LogP) is 4.49. The topological polar surface area (TPSA) is 57.6 Å². The fourth-order valence-corrected chi connectivity index (χ4v) is 4.06. The van der Waals surface area contributed by atoms with Crippen molar-refractivity contribution in [2.75, 3.05) is 4.90 Å². The Balaban J connectivity index is 2.19. The summed E-state index contributed by atoms with van der Waals surface area (Å²) >= 11 is 1.47. The molecular weight excluding hydrogens is 334 g/mol. The Morgan fingerprint density at radius 2 is 1.84 bits per heavy atom. The fraction of sp³-hybridized carbons (Fsp3) is 0.300. The van der Waals surface area contributed by atoms with Gasteiger partial charge in [0.15, 0.2) is 11.5 Å². The summed E-state index contributed by atoms with van der Waals surface area (Å²) in [5.41, 5.74) is 2.94. The van der Waals surface area contributed by atoms with Gasteiger partial charge in [-0.25, -0.2) is 0 Å². The van der Waals surface area contributed by atoms with Gasteiger partial charge in [-0.2, -0.15) is 0 Å². The van der Waals surface area contributed by atoms with Crippen molar-refractivity contribution in [2.45, 2.75) is 33.7 Å². The molecule has 0 saturated heterocycles. The average Bonchev–Trinajstić information content (AvgIpc) is 3.13. The number of aliphatic hydroxyl groups is 1. The molecule has 1 aromatic carbocycles. The molecule has 2 aromatic rings. The maximum absolute atomic E-state index is 12.8. The Morgan fingerprint density at radius 1 is 1.20 bits per heavy atom. The van der Waals surface area contributed by atoms with Crippen LogP contribution in [0, 0.1) is 19.8 Å². The van der Waals surface area contributed by atoms with E-state index in [1.54, 1.807) is 13.8 Å². The van der Waals surface area contributed by atoms with Gasteiger partial charge in [-0.1, -0.05) is 26.0 Å². The molecule has 0 fully saturated rings. The van der Waals surface area contributed by atoms with Crippen LogP contribution in [0.2, 0.25) is 0 Å². The number of rotatable bonds is 4. The summed E-state index contributed by atoms with van der Waals surface area (Å²) in [6.45, 7) is 7.48.